The maximum atomic E-state index is 8.64. The highest BCUT2D eigenvalue weighted by Gasteiger charge is 1.94. The number of aromatic nitrogens is 1. The van der Waals surface area contributed by atoms with Crippen molar-refractivity contribution in [3.8, 4) is 17.9 Å². The van der Waals surface area contributed by atoms with Crippen molar-refractivity contribution in [3.63, 3.8) is 0 Å². The van der Waals surface area contributed by atoms with Crippen LogP contribution in [-0.4, -0.2) is 11.5 Å². The van der Waals surface area contributed by atoms with Gasteiger partial charge in [-0.05, 0) is 19.1 Å². The van der Waals surface area contributed by atoms with Gasteiger partial charge in [-0.25, -0.2) is 4.98 Å². The fourth-order valence-corrected chi connectivity index (χ4v) is 0.975. The largest absolute Gasteiger partial charge is 0.369 e. The number of rotatable bonds is 3. The third kappa shape index (κ3) is 3.16. The number of anilines is 1. The number of hydrogen-bond donors (Lipinski definition) is 1. The zero-order chi connectivity index (χ0) is 10.2. The van der Waals surface area contributed by atoms with Crippen molar-refractivity contribution in [1.82, 2.24) is 4.98 Å². The first-order valence-electron chi connectivity index (χ1n) is 4.36. The van der Waals surface area contributed by atoms with Gasteiger partial charge in [0.05, 0.1) is 11.6 Å². The Morgan fingerprint density at radius 2 is 2.43 bits per heavy atom. The van der Waals surface area contributed by atoms with Crippen LogP contribution in [0.25, 0.3) is 0 Å². The van der Waals surface area contributed by atoms with Crippen molar-refractivity contribution in [3.05, 3.63) is 23.9 Å². The molecule has 70 valence electrons. The molecule has 0 atom stereocenters. The van der Waals surface area contributed by atoms with Crippen LogP contribution in [0.2, 0.25) is 0 Å². The molecule has 14 heavy (non-hydrogen) atoms. The zero-order valence-corrected chi connectivity index (χ0v) is 8.04. The van der Waals surface area contributed by atoms with Crippen LogP contribution < -0.4 is 5.32 Å². The molecule has 0 aliphatic carbocycles. The van der Waals surface area contributed by atoms with Gasteiger partial charge in [-0.1, -0.05) is 0 Å². The lowest BCUT2D eigenvalue weighted by Crippen LogP contribution is -2.02. The Bertz CT molecular complexity index is 393. The summed E-state index contributed by atoms with van der Waals surface area (Å²) in [4.78, 5) is 4.07. The molecule has 0 aromatic carbocycles. The van der Waals surface area contributed by atoms with Crippen LogP contribution in [0.15, 0.2) is 18.3 Å². The molecule has 1 heterocycles. The molecule has 1 aromatic heterocycles. The molecule has 0 spiro atoms. The third-order valence-electron chi connectivity index (χ3n) is 1.62. The molecule has 1 N–H and O–H groups in total. The lowest BCUT2D eigenvalue weighted by Gasteiger charge is -2.01. The van der Waals surface area contributed by atoms with Gasteiger partial charge in [0.2, 0.25) is 0 Å². The van der Waals surface area contributed by atoms with Gasteiger partial charge >= 0.3 is 0 Å². The van der Waals surface area contributed by atoms with Crippen molar-refractivity contribution in [1.29, 1.82) is 5.26 Å². The molecule has 0 unspecified atom stereocenters. The van der Waals surface area contributed by atoms with E-state index in [0.29, 0.717) is 5.56 Å². The van der Waals surface area contributed by atoms with E-state index in [1.165, 1.54) is 0 Å². The average Bonchev–Trinajstić information content (AvgIpc) is 2.25. The third-order valence-corrected chi connectivity index (χ3v) is 1.62. The fraction of sp³-hybridized carbons (Fsp3) is 0.273. The van der Waals surface area contributed by atoms with E-state index in [9.17, 15) is 0 Å². The van der Waals surface area contributed by atoms with Gasteiger partial charge in [-0.2, -0.15) is 5.26 Å². The van der Waals surface area contributed by atoms with Crippen LogP contribution in [0, 0.1) is 23.2 Å². The molecule has 0 radical (unpaired) electrons. The Kier molecular flexibility index (Phi) is 4.04. The lowest BCUT2D eigenvalue weighted by molar-refractivity contribution is 1.07. The molecule has 3 nitrogen and oxygen atoms in total. The number of pyridine rings is 1. The minimum Gasteiger partial charge on any atom is -0.369 e. The van der Waals surface area contributed by atoms with Crippen LogP contribution in [0.3, 0.4) is 0 Å². The Hall–Kier alpha value is -2.00. The molecule has 0 bridgehead atoms. The number of nitrogens with one attached hydrogen (secondary N) is 1. The molecule has 1 rings (SSSR count). The first-order chi connectivity index (χ1) is 6.86. The molecule has 0 fully saturated rings. The summed E-state index contributed by atoms with van der Waals surface area (Å²) in [5.41, 5.74) is 0.615. The maximum Gasteiger partial charge on any atom is 0.127 e. The SMILES string of the molecule is CC#CCCNc1cc(C#N)ccn1. The Morgan fingerprint density at radius 3 is 3.14 bits per heavy atom. The van der Waals surface area contributed by atoms with Gasteiger partial charge in [0, 0.05) is 19.2 Å². The van der Waals surface area contributed by atoms with Crippen LogP contribution in [-0.2, 0) is 0 Å². The minimum atomic E-state index is 0.615. The van der Waals surface area contributed by atoms with E-state index < -0.39 is 0 Å². The summed E-state index contributed by atoms with van der Waals surface area (Å²) in [6, 6.07) is 5.46. The average molecular weight is 185 g/mol. The molecule has 1 aromatic rings. The molecule has 0 aliphatic heterocycles. The van der Waals surface area contributed by atoms with E-state index in [2.05, 4.69) is 28.2 Å². The number of nitrogens with zero attached hydrogens (tertiary/aromatic N) is 2. The predicted molar refractivity (Wildman–Crippen MR) is 55.5 cm³/mol. The Morgan fingerprint density at radius 1 is 1.57 bits per heavy atom. The van der Waals surface area contributed by atoms with Gasteiger partial charge in [0.1, 0.15) is 5.82 Å². The standard InChI is InChI=1S/C11H11N3/c1-2-3-4-6-13-11-8-10(9-12)5-7-14-11/h5,7-8H,4,6H2,1H3,(H,13,14). The quantitative estimate of drug-likeness (QED) is 0.576. The first-order valence-corrected chi connectivity index (χ1v) is 4.36. The highest BCUT2D eigenvalue weighted by molar-refractivity contribution is 5.42. The summed E-state index contributed by atoms with van der Waals surface area (Å²) in [5, 5.41) is 11.7. The fourth-order valence-electron chi connectivity index (χ4n) is 0.975. The summed E-state index contributed by atoms with van der Waals surface area (Å²) in [6.45, 7) is 2.57. The Balaban J connectivity index is 2.50. The molecule has 0 amide bonds. The Labute approximate surface area is 83.8 Å². The second kappa shape index (κ2) is 5.61. The van der Waals surface area contributed by atoms with Crippen LogP contribution >= 0.6 is 0 Å². The zero-order valence-electron chi connectivity index (χ0n) is 8.04. The second-order valence-electron chi connectivity index (χ2n) is 2.65. The van der Waals surface area contributed by atoms with Gasteiger partial charge < -0.3 is 5.32 Å². The summed E-state index contributed by atoms with van der Waals surface area (Å²) in [5.74, 6) is 6.48. The molecule has 0 saturated carbocycles. The van der Waals surface area contributed by atoms with Gasteiger partial charge in [0.25, 0.3) is 0 Å². The topological polar surface area (TPSA) is 48.7 Å². The molecular formula is C11H11N3. The molecule has 3 heteroatoms. The monoisotopic (exact) mass is 185 g/mol. The highest BCUT2D eigenvalue weighted by atomic mass is 15.0. The highest BCUT2D eigenvalue weighted by Crippen LogP contribution is 2.04. The van der Waals surface area contributed by atoms with Crippen molar-refractivity contribution >= 4 is 5.82 Å². The van der Waals surface area contributed by atoms with E-state index in [1.54, 1.807) is 18.3 Å². The summed E-state index contributed by atoms with van der Waals surface area (Å²) >= 11 is 0. The molecule has 0 saturated heterocycles. The van der Waals surface area contributed by atoms with E-state index in [1.807, 2.05) is 6.92 Å². The van der Waals surface area contributed by atoms with Crippen molar-refractivity contribution in [2.24, 2.45) is 0 Å². The molecule has 0 aliphatic rings. The molecular weight excluding hydrogens is 174 g/mol. The second-order valence-corrected chi connectivity index (χ2v) is 2.65. The maximum absolute atomic E-state index is 8.64. The van der Waals surface area contributed by atoms with E-state index in [4.69, 9.17) is 5.26 Å². The summed E-state index contributed by atoms with van der Waals surface area (Å²) < 4.78 is 0. The lowest BCUT2D eigenvalue weighted by atomic mass is 10.3. The van der Waals surface area contributed by atoms with Gasteiger partial charge in [-0.15, -0.1) is 11.8 Å². The van der Waals surface area contributed by atoms with Crippen LogP contribution in [0.4, 0.5) is 5.82 Å². The predicted octanol–water partition coefficient (Wildman–Crippen LogP) is 1.78. The van der Waals surface area contributed by atoms with E-state index >= 15 is 0 Å². The minimum absolute atomic E-state index is 0.615. The van der Waals surface area contributed by atoms with Crippen molar-refractivity contribution in [2.45, 2.75) is 13.3 Å². The van der Waals surface area contributed by atoms with E-state index in [0.717, 1.165) is 18.8 Å². The smallest absolute Gasteiger partial charge is 0.127 e. The van der Waals surface area contributed by atoms with E-state index in [-0.39, 0.29) is 0 Å². The number of nitriles is 1. The first kappa shape index (κ1) is 10.1. The normalized spacial score (nSPS) is 8.29. The van der Waals surface area contributed by atoms with Crippen molar-refractivity contribution in [2.75, 3.05) is 11.9 Å². The number of hydrogen-bond acceptors (Lipinski definition) is 3. The van der Waals surface area contributed by atoms with Crippen molar-refractivity contribution < 1.29 is 0 Å². The van der Waals surface area contributed by atoms with Crippen LogP contribution in [0.1, 0.15) is 18.9 Å². The summed E-state index contributed by atoms with van der Waals surface area (Å²) in [6.07, 6.45) is 2.40. The summed E-state index contributed by atoms with van der Waals surface area (Å²) in [7, 11) is 0. The van der Waals surface area contributed by atoms with Gasteiger partial charge in [0.15, 0.2) is 0 Å². The van der Waals surface area contributed by atoms with Gasteiger partial charge in [-0.3, -0.25) is 0 Å². The van der Waals surface area contributed by atoms with Crippen LogP contribution in [0.5, 0.6) is 0 Å².